The van der Waals surface area contributed by atoms with E-state index in [1.54, 1.807) is 6.33 Å². The quantitative estimate of drug-likeness (QED) is 0.598. The summed E-state index contributed by atoms with van der Waals surface area (Å²) in [6.07, 6.45) is 4.95. The topological polar surface area (TPSA) is 51.0 Å². The first-order chi connectivity index (χ1) is 13.8. The molecule has 5 nitrogen and oxygen atoms in total. The zero-order chi connectivity index (χ0) is 19.2. The number of thioether (sulfide) groups is 1. The van der Waals surface area contributed by atoms with Crippen molar-refractivity contribution < 1.29 is 4.79 Å². The molecule has 1 fully saturated rings. The lowest BCUT2D eigenvalue weighted by Gasteiger charge is -2.32. The number of nitrogens with zero attached hydrogens (tertiary/aromatic N) is 4. The number of amides is 1. The molecule has 144 valence electrons. The van der Waals surface area contributed by atoms with Crippen LogP contribution in [0, 0.1) is 5.92 Å². The third-order valence-corrected chi connectivity index (χ3v) is 6.14. The SMILES string of the molecule is O=C(CSc1nncn1-c1ccccc1)N1CCC(Cc2ccccc2)CC1. The number of rotatable bonds is 6. The standard InChI is InChI=1S/C22H24N4OS/c27-21(16-28-22-24-23-17-26(22)20-9-5-2-6-10-20)25-13-11-19(12-14-25)15-18-7-3-1-4-8-18/h1-10,17,19H,11-16H2. The summed E-state index contributed by atoms with van der Waals surface area (Å²) in [6.45, 7) is 1.70. The first-order valence-corrected chi connectivity index (χ1v) is 10.7. The van der Waals surface area contributed by atoms with Gasteiger partial charge < -0.3 is 4.90 Å². The predicted octanol–water partition coefficient (Wildman–Crippen LogP) is 3.84. The van der Waals surface area contributed by atoms with E-state index in [1.807, 2.05) is 39.8 Å². The van der Waals surface area contributed by atoms with Crippen LogP contribution in [0.5, 0.6) is 0 Å². The largest absolute Gasteiger partial charge is 0.342 e. The van der Waals surface area contributed by atoms with E-state index in [-0.39, 0.29) is 5.91 Å². The van der Waals surface area contributed by atoms with Gasteiger partial charge in [-0.2, -0.15) is 0 Å². The van der Waals surface area contributed by atoms with Crippen molar-refractivity contribution in [3.8, 4) is 5.69 Å². The van der Waals surface area contributed by atoms with Crippen LogP contribution in [0.15, 0.2) is 72.1 Å². The third kappa shape index (κ3) is 4.62. The van der Waals surface area contributed by atoms with E-state index in [2.05, 4.69) is 40.5 Å². The van der Waals surface area contributed by atoms with Gasteiger partial charge in [0.15, 0.2) is 5.16 Å². The molecule has 0 N–H and O–H groups in total. The van der Waals surface area contributed by atoms with Crippen molar-refractivity contribution in [2.45, 2.75) is 24.4 Å². The van der Waals surface area contributed by atoms with Crippen molar-refractivity contribution in [3.63, 3.8) is 0 Å². The molecule has 28 heavy (non-hydrogen) atoms. The highest BCUT2D eigenvalue weighted by Gasteiger charge is 2.23. The summed E-state index contributed by atoms with van der Waals surface area (Å²) in [5.74, 6) is 1.25. The maximum Gasteiger partial charge on any atom is 0.233 e. The minimum Gasteiger partial charge on any atom is -0.342 e. The van der Waals surface area contributed by atoms with E-state index < -0.39 is 0 Å². The minimum absolute atomic E-state index is 0.186. The highest BCUT2D eigenvalue weighted by atomic mass is 32.2. The fourth-order valence-electron chi connectivity index (χ4n) is 3.64. The van der Waals surface area contributed by atoms with Crippen LogP contribution in [0.25, 0.3) is 5.69 Å². The zero-order valence-corrected chi connectivity index (χ0v) is 16.6. The number of likely N-dealkylation sites (tertiary alicyclic amines) is 1. The highest BCUT2D eigenvalue weighted by molar-refractivity contribution is 7.99. The van der Waals surface area contributed by atoms with Gasteiger partial charge in [0.1, 0.15) is 6.33 Å². The van der Waals surface area contributed by atoms with Gasteiger partial charge in [0, 0.05) is 18.8 Å². The number of aromatic nitrogens is 3. The molecule has 0 spiro atoms. The average Bonchev–Trinajstić information content (AvgIpc) is 3.23. The Kier molecular flexibility index (Phi) is 6.07. The number of hydrogen-bond donors (Lipinski definition) is 0. The highest BCUT2D eigenvalue weighted by Crippen LogP contribution is 2.24. The summed E-state index contributed by atoms with van der Waals surface area (Å²) >= 11 is 1.45. The van der Waals surface area contributed by atoms with Crippen LogP contribution in [0.3, 0.4) is 0 Å². The number of hydrogen-bond acceptors (Lipinski definition) is 4. The van der Waals surface area contributed by atoms with E-state index in [0.29, 0.717) is 11.7 Å². The molecule has 1 amide bonds. The van der Waals surface area contributed by atoms with Crippen LogP contribution < -0.4 is 0 Å². The summed E-state index contributed by atoms with van der Waals surface area (Å²) in [4.78, 5) is 14.7. The molecule has 2 aromatic carbocycles. The fraction of sp³-hybridized carbons (Fsp3) is 0.318. The first kappa shape index (κ1) is 18.7. The van der Waals surface area contributed by atoms with Gasteiger partial charge in [0.2, 0.25) is 5.91 Å². The van der Waals surface area contributed by atoms with Crippen molar-refractivity contribution in [1.82, 2.24) is 19.7 Å². The molecule has 0 unspecified atom stereocenters. The summed E-state index contributed by atoms with van der Waals surface area (Å²) in [5, 5.41) is 8.93. The van der Waals surface area contributed by atoms with Crippen molar-refractivity contribution in [1.29, 1.82) is 0 Å². The Morgan fingerprint density at radius 2 is 1.68 bits per heavy atom. The maximum absolute atomic E-state index is 12.7. The molecule has 3 aromatic rings. The number of para-hydroxylation sites is 1. The lowest BCUT2D eigenvalue weighted by Crippen LogP contribution is -2.39. The van der Waals surface area contributed by atoms with Crippen molar-refractivity contribution in [2.75, 3.05) is 18.8 Å². The lowest BCUT2D eigenvalue weighted by molar-refractivity contribution is -0.129. The van der Waals surface area contributed by atoms with Crippen molar-refractivity contribution in [3.05, 3.63) is 72.6 Å². The summed E-state index contributed by atoms with van der Waals surface area (Å²) in [5.41, 5.74) is 2.40. The molecule has 0 atom stereocenters. The van der Waals surface area contributed by atoms with Crippen LogP contribution in [-0.2, 0) is 11.2 Å². The maximum atomic E-state index is 12.7. The molecule has 0 bridgehead atoms. The van der Waals surface area contributed by atoms with Gasteiger partial charge in [0.05, 0.1) is 5.75 Å². The Morgan fingerprint density at radius 3 is 2.39 bits per heavy atom. The number of piperidine rings is 1. The normalized spacial score (nSPS) is 14.9. The van der Waals surface area contributed by atoms with Crippen LogP contribution in [0.4, 0.5) is 0 Å². The second-order valence-electron chi connectivity index (χ2n) is 7.12. The molecule has 1 aliphatic heterocycles. The smallest absolute Gasteiger partial charge is 0.233 e. The Hall–Kier alpha value is -2.60. The van der Waals surface area contributed by atoms with Crippen molar-refractivity contribution in [2.24, 2.45) is 5.92 Å². The van der Waals surface area contributed by atoms with Gasteiger partial charge in [-0.25, -0.2) is 0 Å². The first-order valence-electron chi connectivity index (χ1n) is 9.69. The molecular formula is C22H24N4OS. The minimum atomic E-state index is 0.186. The Labute approximate surface area is 169 Å². The van der Waals surface area contributed by atoms with E-state index >= 15 is 0 Å². The summed E-state index contributed by atoms with van der Waals surface area (Å²) < 4.78 is 1.92. The number of carbonyl (C=O) groups is 1. The Balaban J connectivity index is 1.27. The van der Waals surface area contributed by atoms with Gasteiger partial charge >= 0.3 is 0 Å². The molecule has 6 heteroatoms. The van der Waals surface area contributed by atoms with Gasteiger partial charge in [-0.1, -0.05) is 60.3 Å². The Bertz CT molecular complexity index is 889. The second kappa shape index (κ2) is 9.06. The van der Waals surface area contributed by atoms with E-state index in [4.69, 9.17) is 0 Å². The molecule has 1 saturated heterocycles. The number of benzene rings is 2. The molecule has 4 rings (SSSR count). The van der Waals surface area contributed by atoms with Gasteiger partial charge in [-0.3, -0.25) is 9.36 Å². The average molecular weight is 393 g/mol. The fourth-order valence-corrected chi connectivity index (χ4v) is 4.47. The van der Waals surface area contributed by atoms with E-state index in [9.17, 15) is 4.79 Å². The van der Waals surface area contributed by atoms with Crippen LogP contribution in [0.2, 0.25) is 0 Å². The monoisotopic (exact) mass is 392 g/mol. The molecule has 0 aliphatic carbocycles. The molecular weight excluding hydrogens is 368 g/mol. The van der Waals surface area contributed by atoms with Crippen molar-refractivity contribution >= 4 is 17.7 Å². The van der Waals surface area contributed by atoms with Crippen LogP contribution >= 0.6 is 11.8 Å². The summed E-state index contributed by atoms with van der Waals surface area (Å²) in [7, 11) is 0. The molecule has 1 aliphatic rings. The molecule has 1 aromatic heterocycles. The number of carbonyl (C=O) groups excluding carboxylic acids is 1. The molecule has 0 saturated carbocycles. The van der Waals surface area contributed by atoms with Crippen LogP contribution in [-0.4, -0.2) is 44.4 Å². The summed E-state index contributed by atoms with van der Waals surface area (Å²) in [6, 6.07) is 20.6. The van der Waals surface area contributed by atoms with Crippen LogP contribution in [0.1, 0.15) is 18.4 Å². The van der Waals surface area contributed by atoms with E-state index in [0.717, 1.165) is 43.2 Å². The predicted molar refractivity (Wildman–Crippen MR) is 112 cm³/mol. The second-order valence-corrected chi connectivity index (χ2v) is 8.06. The zero-order valence-electron chi connectivity index (χ0n) is 15.8. The van der Waals surface area contributed by atoms with Gasteiger partial charge in [0.25, 0.3) is 0 Å². The molecule has 0 radical (unpaired) electrons. The molecule has 2 heterocycles. The Morgan fingerprint density at radius 1 is 1.00 bits per heavy atom. The van der Waals surface area contributed by atoms with Gasteiger partial charge in [-0.05, 0) is 42.9 Å². The third-order valence-electron chi connectivity index (χ3n) is 5.21. The van der Waals surface area contributed by atoms with E-state index in [1.165, 1.54) is 17.3 Å². The van der Waals surface area contributed by atoms with Gasteiger partial charge in [-0.15, -0.1) is 10.2 Å². The lowest BCUT2D eigenvalue weighted by atomic mass is 9.90.